The lowest BCUT2D eigenvalue weighted by Crippen LogP contribution is -2.17. The first-order valence-electron chi connectivity index (χ1n) is 8.26. The maximum absolute atomic E-state index is 12.8. The number of ether oxygens (including phenoxy) is 2. The van der Waals surface area contributed by atoms with Crippen molar-refractivity contribution in [1.82, 2.24) is 0 Å². The SMILES string of the molecule is CCc1c(C)sc(NC(=O)c2cc(Cl)ccc2OC)c1C(=O)OC(C)C. The molecule has 1 heterocycles. The number of halogens is 1. The molecule has 2 rings (SSSR count). The maximum atomic E-state index is 12.8. The molecule has 0 fully saturated rings. The first-order chi connectivity index (χ1) is 12.3. The highest BCUT2D eigenvalue weighted by Gasteiger charge is 2.25. The van der Waals surface area contributed by atoms with Crippen molar-refractivity contribution >= 4 is 39.8 Å². The molecule has 0 aliphatic carbocycles. The molecule has 1 aromatic carbocycles. The van der Waals surface area contributed by atoms with Gasteiger partial charge in [-0.1, -0.05) is 18.5 Å². The Kier molecular flexibility index (Phi) is 6.67. The Morgan fingerprint density at radius 1 is 1.31 bits per heavy atom. The van der Waals surface area contributed by atoms with E-state index in [0.29, 0.717) is 33.3 Å². The largest absolute Gasteiger partial charge is 0.496 e. The molecule has 140 valence electrons. The van der Waals surface area contributed by atoms with Crippen LogP contribution in [0.15, 0.2) is 18.2 Å². The molecule has 0 saturated heterocycles. The van der Waals surface area contributed by atoms with Gasteiger partial charge in [-0.3, -0.25) is 4.79 Å². The molecule has 0 unspecified atom stereocenters. The molecule has 2 aromatic rings. The van der Waals surface area contributed by atoms with Gasteiger partial charge in [0.1, 0.15) is 10.8 Å². The molecule has 0 radical (unpaired) electrons. The molecule has 26 heavy (non-hydrogen) atoms. The summed E-state index contributed by atoms with van der Waals surface area (Å²) >= 11 is 7.36. The van der Waals surface area contributed by atoms with E-state index in [-0.39, 0.29) is 6.10 Å². The summed E-state index contributed by atoms with van der Waals surface area (Å²) in [6, 6.07) is 4.80. The van der Waals surface area contributed by atoms with Gasteiger partial charge < -0.3 is 14.8 Å². The summed E-state index contributed by atoms with van der Waals surface area (Å²) in [6.07, 6.45) is 0.422. The van der Waals surface area contributed by atoms with Gasteiger partial charge in [-0.05, 0) is 51.0 Å². The van der Waals surface area contributed by atoms with Crippen LogP contribution in [-0.2, 0) is 11.2 Å². The molecule has 0 spiro atoms. The minimum Gasteiger partial charge on any atom is -0.496 e. The number of carbonyl (C=O) groups excluding carboxylic acids is 2. The Balaban J connectivity index is 2.42. The number of nitrogens with one attached hydrogen (secondary N) is 1. The van der Waals surface area contributed by atoms with E-state index in [2.05, 4.69) is 5.32 Å². The van der Waals surface area contributed by atoms with Crippen molar-refractivity contribution in [2.75, 3.05) is 12.4 Å². The molecule has 0 aliphatic rings. The van der Waals surface area contributed by atoms with E-state index in [1.54, 1.807) is 26.0 Å². The Morgan fingerprint density at radius 3 is 2.58 bits per heavy atom. The number of esters is 1. The number of hydrogen-bond acceptors (Lipinski definition) is 5. The molecular formula is C19H22ClNO4S. The Bertz CT molecular complexity index is 829. The van der Waals surface area contributed by atoms with Gasteiger partial charge in [0.05, 0.1) is 24.3 Å². The fraction of sp³-hybridized carbons (Fsp3) is 0.368. The summed E-state index contributed by atoms with van der Waals surface area (Å²) in [6.45, 7) is 7.47. The Labute approximate surface area is 162 Å². The smallest absolute Gasteiger partial charge is 0.341 e. The number of thiophene rings is 1. The van der Waals surface area contributed by atoms with E-state index in [9.17, 15) is 9.59 Å². The Hall–Kier alpha value is -2.05. The van der Waals surface area contributed by atoms with Crippen LogP contribution in [0.25, 0.3) is 0 Å². The second-order valence-electron chi connectivity index (χ2n) is 5.95. The van der Waals surface area contributed by atoms with Gasteiger partial charge in [0.2, 0.25) is 0 Å². The number of carbonyl (C=O) groups is 2. The highest BCUT2D eigenvalue weighted by atomic mass is 35.5. The molecule has 5 nitrogen and oxygen atoms in total. The van der Waals surface area contributed by atoms with Gasteiger partial charge in [0.25, 0.3) is 5.91 Å². The molecule has 0 bridgehead atoms. The summed E-state index contributed by atoms with van der Waals surface area (Å²) in [5.74, 6) is -0.427. The fourth-order valence-electron chi connectivity index (χ4n) is 2.61. The van der Waals surface area contributed by atoms with Gasteiger partial charge in [-0.2, -0.15) is 0 Å². The summed E-state index contributed by atoms with van der Waals surface area (Å²) in [4.78, 5) is 26.3. The van der Waals surface area contributed by atoms with Gasteiger partial charge in [-0.15, -0.1) is 11.3 Å². The highest BCUT2D eigenvalue weighted by Crippen LogP contribution is 2.35. The van der Waals surface area contributed by atoms with Crippen LogP contribution in [0.2, 0.25) is 5.02 Å². The van der Waals surface area contributed by atoms with Crippen LogP contribution < -0.4 is 10.1 Å². The van der Waals surface area contributed by atoms with Crippen LogP contribution in [0, 0.1) is 6.92 Å². The topological polar surface area (TPSA) is 64.6 Å². The highest BCUT2D eigenvalue weighted by molar-refractivity contribution is 7.16. The van der Waals surface area contributed by atoms with Gasteiger partial charge >= 0.3 is 5.97 Å². The predicted octanol–water partition coefficient (Wildman–Crippen LogP) is 5.10. The zero-order valence-electron chi connectivity index (χ0n) is 15.4. The lowest BCUT2D eigenvalue weighted by Gasteiger charge is -2.12. The first kappa shape index (κ1) is 20.3. The van der Waals surface area contributed by atoms with Crippen molar-refractivity contribution in [1.29, 1.82) is 0 Å². The van der Waals surface area contributed by atoms with E-state index in [1.165, 1.54) is 24.5 Å². The molecule has 1 N–H and O–H groups in total. The molecule has 0 saturated carbocycles. The van der Waals surface area contributed by atoms with Crippen molar-refractivity contribution in [3.63, 3.8) is 0 Å². The standard InChI is InChI=1S/C19H22ClNO4S/c1-6-13-11(4)26-18(16(13)19(23)25-10(2)3)21-17(22)14-9-12(20)7-8-15(14)24-5/h7-10H,6H2,1-5H3,(H,21,22). The Morgan fingerprint density at radius 2 is 2.00 bits per heavy atom. The molecule has 0 aliphatic heterocycles. The van der Waals surface area contributed by atoms with Crippen LogP contribution >= 0.6 is 22.9 Å². The number of amides is 1. The van der Waals surface area contributed by atoms with E-state index in [0.717, 1.165) is 10.4 Å². The number of aryl methyl sites for hydroxylation is 1. The monoisotopic (exact) mass is 395 g/mol. The third-order valence-electron chi connectivity index (χ3n) is 3.74. The minimum atomic E-state index is -0.436. The number of methoxy groups -OCH3 is 1. The van der Waals surface area contributed by atoms with E-state index in [4.69, 9.17) is 21.1 Å². The van der Waals surface area contributed by atoms with E-state index in [1.807, 2.05) is 13.8 Å². The van der Waals surface area contributed by atoms with Crippen molar-refractivity contribution in [2.45, 2.75) is 40.2 Å². The maximum Gasteiger partial charge on any atom is 0.341 e. The molecule has 0 atom stereocenters. The predicted molar refractivity (Wildman–Crippen MR) is 105 cm³/mol. The number of benzene rings is 1. The van der Waals surface area contributed by atoms with Crippen molar-refractivity contribution < 1.29 is 19.1 Å². The van der Waals surface area contributed by atoms with E-state index >= 15 is 0 Å². The van der Waals surface area contributed by atoms with Crippen molar-refractivity contribution in [3.05, 3.63) is 44.8 Å². The minimum absolute atomic E-state index is 0.246. The molecule has 7 heteroatoms. The average molecular weight is 396 g/mol. The summed E-state index contributed by atoms with van der Waals surface area (Å²) in [7, 11) is 1.48. The lowest BCUT2D eigenvalue weighted by atomic mass is 10.1. The van der Waals surface area contributed by atoms with Crippen molar-refractivity contribution in [3.8, 4) is 5.75 Å². The molecule has 1 aromatic heterocycles. The fourth-order valence-corrected chi connectivity index (χ4v) is 3.91. The normalized spacial score (nSPS) is 10.7. The van der Waals surface area contributed by atoms with Crippen LogP contribution in [0.5, 0.6) is 5.75 Å². The number of hydrogen-bond donors (Lipinski definition) is 1. The van der Waals surface area contributed by atoms with Crippen LogP contribution in [-0.4, -0.2) is 25.1 Å². The molecular weight excluding hydrogens is 374 g/mol. The summed E-state index contributed by atoms with van der Waals surface area (Å²) < 4.78 is 10.6. The third-order valence-corrected chi connectivity index (χ3v) is 5.04. The van der Waals surface area contributed by atoms with Crippen LogP contribution in [0.3, 0.4) is 0 Å². The zero-order valence-corrected chi connectivity index (χ0v) is 17.0. The average Bonchev–Trinajstić information content (AvgIpc) is 2.89. The summed E-state index contributed by atoms with van der Waals surface area (Å²) in [5, 5.41) is 3.71. The lowest BCUT2D eigenvalue weighted by molar-refractivity contribution is 0.0378. The third kappa shape index (κ3) is 4.37. The number of anilines is 1. The van der Waals surface area contributed by atoms with Crippen LogP contribution in [0.4, 0.5) is 5.00 Å². The number of rotatable bonds is 6. The van der Waals surface area contributed by atoms with Gasteiger partial charge in [-0.25, -0.2) is 4.79 Å². The van der Waals surface area contributed by atoms with Gasteiger partial charge in [0, 0.05) is 9.90 Å². The second-order valence-corrected chi connectivity index (χ2v) is 7.61. The van der Waals surface area contributed by atoms with Gasteiger partial charge in [0.15, 0.2) is 0 Å². The quantitative estimate of drug-likeness (QED) is 0.691. The molecule has 1 amide bonds. The van der Waals surface area contributed by atoms with Crippen molar-refractivity contribution in [2.24, 2.45) is 0 Å². The van der Waals surface area contributed by atoms with Crippen LogP contribution in [0.1, 0.15) is 51.9 Å². The first-order valence-corrected chi connectivity index (χ1v) is 9.46. The summed E-state index contributed by atoms with van der Waals surface area (Å²) in [5.41, 5.74) is 1.60. The van der Waals surface area contributed by atoms with E-state index < -0.39 is 11.9 Å². The zero-order chi connectivity index (χ0) is 19.4. The second kappa shape index (κ2) is 8.56.